The molecule has 4 aromatic rings. The average Bonchev–Trinajstić information content (AvgIpc) is 3.01. The Labute approximate surface area is 246 Å². The van der Waals surface area contributed by atoms with E-state index >= 15 is 0 Å². The molecule has 10 heteroatoms. The number of aromatic nitrogens is 1. The number of pyridine rings is 1. The molecule has 1 heterocycles. The van der Waals surface area contributed by atoms with Gasteiger partial charge in [-0.1, -0.05) is 78.9 Å². The van der Waals surface area contributed by atoms with E-state index in [1.807, 2.05) is 42.5 Å². The average molecular weight is 587 g/mol. The second-order valence-corrected chi connectivity index (χ2v) is 11.8. The van der Waals surface area contributed by atoms with Crippen molar-refractivity contribution in [1.29, 1.82) is 0 Å². The normalized spacial score (nSPS) is 12.0. The molecular weight excluding hydrogens is 552 g/mol. The lowest BCUT2D eigenvalue weighted by Crippen LogP contribution is -2.47. The van der Waals surface area contributed by atoms with Gasteiger partial charge in [-0.3, -0.25) is 14.6 Å². The molecule has 0 aliphatic heterocycles. The summed E-state index contributed by atoms with van der Waals surface area (Å²) in [6, 6.07) is 27.8. The number of nitrogens with zero attached hydrogens (tertiary/aromatic N) is 3. The number of methoxy groups -OCH3 is 1. The van der Waals surface area contributed by atoms with Gasteiger partial charge < -0.3 is 15.0 Å². The second-order valence-electron chi connectivity index (χ2n) is 9.78. The van der Waals surface area contributed by atoms with Crippen LogP contribution in [0.4, 0.5) is 0 Å². The first kappa shape index (κ1) is 30.4. The van der Waals surface area contributed by atoms with E-state index in [1.165, 1.54) is 4.90 Å². The Kier molecular flexibility index (Phi) is 10.4. The van der Waals surface area contributed by atoms with Gasteiger partial charge in [0.05, 0.1) is 19.9 Å². The number of hydrogen-bond donors (Lipinski definition) is 1. The van der Waals surface area contributed by atoms with Crippen molar-refractivity contribution < 1.29 is 22.7 Å². The molecule has 0 spiro atoms. The molecule has 1 atom stereocenters. The summed E-state index contributed by atoms with van der Waals surface area (Å²) in [5.74, 6) is -0.269. The third-order valence-electron chi connectivity index (χ3n) is 6.68. The molecule has 3 aromatic carbocycles. The van der Waals surface area contributed by atoms with Gasteiger partial charge in [0.25, 0.3) is 0 Å². The molecule has 0 fully saturated rings. The van der Waals surface area contributed by atoms with Gasteiger partial charge in [-0.2, -0.15) is 4.31 Å². The first-order chi connectivity index (χ1) is 20.2. The monoisotopic (exact) mass is 586 g/mol. The Hall–Kier alpha value is -4.54. The van der Waals surface area contributed by atoms with Crippen LogP contribution in [0.25, 0.3) is 0 Å². The molecule has 1 aromatic heterocycles. The number of hydrogen-bond acceptors (Lipinski definition) is 6. The van der Waals surface area contributed by atoms with E-state index in [9.17, 15) is 18.0 Å². The predicted molar refractivity (Wildman–Crippen MR) is 161 cm³/mol. The molecule has 1 N–H and O–H groups in total. The molecule has 42 heavy (non-hydrogen) atoms. The van der Waals surface area contributed by atoms with Crippen molar-refractivity contribution >= 4 is 21.8 Å². The maximum absolute atomic E-state index is 14.1. The molecule has 218 valence electrons. The van der Waals surface area contributed by atoms with Crippen LogP contribution in [0.2, 0.25) is 0 Å². The number of ether oxygens (including phenoxy) is 1. The fourth-order valence-electron chi connectivity index (χ4n) is 4.47. The van der Waals surface area contributed by atoms with Gasteiger partial charge in [0.2, 0.25) is 21.8 Å². The van der Waals surface area contributed by atoms with Crippen molar-refractivity contribution in [2.24, 2.45) is 0 Å². The summed E-state index contributed by atoms with van der Waals surface area (Å²) in [6.45, 7) is -0.149. The summed E-state index contributed by atoms with van der Waals surface area (Å²) in [5.41, 5.74) is 2.89. The number of amides is 2. The first-order valence-electron chi connectivity index (χ1n) is 13.4. The van der Waals surface area contributed by atoms with Gasteiger partial charge in [0.15, 0.2) is 0 Å². The van der Waals surface area contributed by atoms with Gasteiger partial charge in [-0.15, -0.1) is 0 Å². The minimum atomic E-state index is -3.77. The summed E-state index contributed by atoms with van der Waals surface area (Å²) in [5, 5.41) is 2.94. The fraction of sp³-hybridized carbons (Fsp3) is 0.219. The number of benzene rings is 3. The van der Waals surface area contributed by atoms with Crippen LogP contribution in [0.3, 0.4) is 0 Å². The Morgan fingerprint density at radius 1 is 0.833 bits per heavy atom. The Morgan fingerprint density at radius 3 is 2.05 bits per heavy atom. The van der Waals surface area contributed by atoms with E-state index in [4.69, 9.17) is 4.74 Å². The predicted octanol–water partition coefficient (Wildman–Crippen LogP) is 3.94. The molecular formula is C32H34N4O5S. The van der Waals surface area contributed by atoms with Crippen LogP contribution in [0.5, 0.6) is 5.75 Å². The first-order valence-corrected chi connectivity index (χ1v) is 15.2. The van der Waals surface area contributed by atoms with Crippen molar-refractivity contribution in [2.45, 2.75) is 25.7 Å². The smallest absolute Gasteiger partial charge is 0.247 e. The fourth-order valence-corrected chi connectivity index (χ4v) is 5.20. The lowest BCUT2D eigenvalue weighted by atomic mass is 10.0. The van der Waals surface area contributed by atoms with Gasteiger partial charge in [0, 0.05) is 32.0 Å². The maximum Gasteiger partial charge on any atom is 0.247 e. The minimum Gasteiger partial charge on any atom is -0.497 e. The van der Waals surface area contributed by atoms with Gasteiger partial charge in [0.1, 0.15) is 11.8 Å². The highest BCUT2D eigenvalue weighted by molar-refractivity contribution is 7.88. The molecule has 0 unspecified atom stereocenters. The molecule has 0 radical (unpaired) electrons. The number of carbonyl (C=O) groups is 2. The summed E-state index contributed by atoms with van der Waals surface area (Å²) in [4.78, 5) is 33.5. The Bertz CT molecular complexity index is 1550. The molecule has 0 aliphatic rings. The molecule has 0 saturated heterocycles. The van der Waals surface area contributed by atoms with Crippen LogP contribution in [0, 0.1) is 0 Å². The van der Waals surface area contributed by atoms with E-state index in [0.29, 0.717) is 11.3 Å². The summed E-state index contributed by atoms with van der Waals surface area (Å²) >= 11 is 0. The topological polar surface area (TPSA) is 109 Å². The van der Waals surface area contributed by atoms with E-state index in [-0.39, 0.29) is 19.6 Å². The lowest BCUT2D eigenvalue weighted by molar-refractivity contribution is -0.141. The highest BCUT2D eigenvalue weighted by atomic mass is 32.2. The lowest BCUT2D eigenvalue weighted by Gasteiger charge is -2.33. The highest BCUT2D eigenvalue weighted by Gasteiger charge is 2.33. The zero-order valence-corrected chi connectivity index (χ0v) is 24.4. The Balaban J connectivity index is 1.70. The SMILES string of the molecule is COc1ccc(CN(C(=O)CN(Cc2ccccc2)S(C)(=O)=O)[C@@H](C(=O)NCc2cccnc2)c2ccccc2)cc1. The molecule has 0 aliphatic carbocycles. The molecule has 0 bridgehead atoms. The number of sulfonamides is 1. The quantitative estimate of drug-likeness (QED) is 0.254. The Morgan fingerprint density at radius 2 is 1.45 bits per heavy atom. The van der Waals surface area contributed by atoms with Gasteiger partial charge in [-0.25, -0.2) is 8.42 Å². The molecule has 4 rings (SSSR count). The summed E-state index contributed by atoms with van der Waals surface area (Å²) in [6.07, 6.45) is 4.38. The van der Waals surface area contributed by atoms with E-state index in [2.05, 4.69) is 10.3 Å². The van der Waals surface area contributed by atoms with Crippen LogP contribution < -0.4 is 10.1 Å². The number of rotatable bonds is 13. The largest absolute Gasteiger partial charge is 0.497 e. The van der Waals surface area contributed by atoms with Gasteiger partial charge in [-0.05, 0) is 40.5 Å². The van der Waals surface area contributed by atoms with Gasteiger partial charge >= 0.3 is 0 Å². The minimum absolute atomic E-state index is 0.0188. The number of nitrogens with one attached hydrogen (secondary N) is 1. The summed E-state index contributed by atoms with van der Waals surface area (Å²) in [7, 11) is -2.20. The third kappa shape index (κ3) is 8.48. The molecule has 0 saturated carbocycles. The van der Waals surface area contributed by atoms with Crippen LogP contribution in [0.15, 0.2) is 109 Å². The van der Waals surface area contributed by atoms with E-state index < -0.39 is 34.4 Å². The zero-order valence-electron chi connectivity index (χ0n) is 23.6. The van der Waals surface area contributed by atoms with Crippen LogP contribution in [-0.4, -0.2) is 54.3 Å². The van der Waals surface area contributed by atoms with Crippen LogP contribution >= 0.6 is 0 Å². The van der Waals surface area contributed by atoms with Crippen LogP contribution in [0.1, 0.15) is 28.3 Å². The summed E-state index contributed by atoms with van der Waals surface area (Å²) < 4.78 is 32.0. The second kappa shape index (κ2) is 14.4. The third-order valence-corrected chi connectivity index (χ3v) is 7.88. The van der Waals surface area contributed by atoms with Crippen molar-refractivity contribution in [3.05, 3.63) is 132 Å². The molecule has 2 amide bonds. The van der Waals surface area contributed by atoms with Crippen molar-refractivity contribution in [2.75, 3.05) is 19.9 Å². The number of carbonyl (C=O) groups excluding carboxylic acids is 2. The van der Waals surface area contributed by atoms with Crippen molar-refractivity contribution in [3.63, 3.8) is 0 Å². The zero-order chi connectivity index (χ0) is 30.0. The standard InChI is InChI=1S/C32H34N4O5S/c1-41-29-17-15-26(16-18-29)23-36(30(37)24-35(42(2,39)40)22-25-10-5-3-6-11-25)31(28-13-7-4-8-14-28)32(38)34-21-27-12-9-19-33-20-27/h3-20,31H,21-24H2,1-2H3,(H,34,38)/t31-/m1/s1. The van der Waals surface area contributed by atoms with Crippen LogP contribution in [-0.2, 0) is 39.2 Å². The highest BCUT2D eigenvalue weighted by Crippen LogP contribution is 2.26. The van der Waals surface area contributed by atoms with Crippen molar-refractivity contribution in [1.82, 2.24) is 19.5 Å². The van der Waals surface area contributed by atoms with Crippen molar-refractivity contribution in [3.8, 4) is 5.75 Å². The molecule has 9 nitrogen and oxygen atoms in total. The van der Waals surface area contributed by atoms with E-state index in [0.717, 1.165) is 27.3 Å². The maximum atomic E-state index is 14.1. The van der Waals surface area contributed by atoms with E-state index in [1.54, 1.807) is 74.1 Å².